The Balaban J connectivity index is 1.99. The second-order valence-electron chi connectivity index (χ2n) is 7.95. The molecule has 0 radical (unpaired) electrons. The molecule has 0 heterocycles. The molecule has 0 amide bonds. The van der Waals surface area contributed by atoms with Gasteiger partial charge >= 0.3 is 0 Å². The van der Waals surface area contributed by atoms with Gasteiger partial charge in [-0.2, -0.15) is 0 Å². The zero-order chi connectivity index (χ0) is 20.5. The molecule has 1 aliphatic rings. The molecule has 0 bridgehead atoms. The summed E-state index contributed by atoms with van der Waals surface area (Å²) in [5.41, 5.74) is 7.73. The minimum absolute atomic E-state index is 0.279. The first kappa shape index (κ1) is 19.7. The summed E-state index contributed by atoms with van der Waals surface area (Å²) in [6, 6.07) is 18.9. The van der Waals surface area contributed by atoms with Crippen molar-refractivity contribution in [3.8, 4) is 5.75 Å². The van der Waals surface area contributed by atoms with Gasteiger partial charge in [-0.05, 0) is 88.4 Å². The van der Waals surface area contributed by atoms with E-state index in [0.29, 0.717) is 10.9 Å². The molecule has 0 aromatic heterocycles. The van der Waals surface area contributed by atoms with Crippen LogP contribution in [0.1, 0.15) is 60.4 Å². The van der Waals surface area contributed by atoms with E-state index >= 15 is 0 Å². The molecule has 0 atom stereocenters. The SMILES string of the molecule is CC(C)c1ccc(C2=C(c3ccc(F)cc3Cl)CCCc3cc(O)ccc32)cc1. The van der Waals surface area contributed by atoms with Gasteiger partial charge in [-0.3, -0.25) is 0 Å². The lowest BCUT2D eigenvalue weighted by molar-refractivity contribution is 0.474. The van der Waals surface area contributed by atoms with Crippen LogP contribution in [0.25, 0.3) is 11.1 Å². The molecule has 29 heavy (non-hydrogen) atoms. The highest BCUT2D eigenvalue weighted by molar-refractivity contribution is 6.32. The van der Waals surface area contributed by atoms with E-state index in [0.717, 1.165) is 52.7 Å². The van der Waals surface area contributed by atoms with Gasteiger partial charge in [0, 0.05) is 0 Å². The molecule has 1 aliphatic carbocycles. The fourth-order valence-corrected chi connectivity index (χ4v) is 4.42. The van der Waals surface area contributed by atoms with E-state index in [1.54, 1.807) is 12.1 Å². The average molecular weight is 407 g/mol. The summed E-state index contributed by atoms with van der Waals surface area (Å²) in [6.45, 7) is 4.36. The van der Waals surface area contributed by atoms with Crippen molar-refractivity contribution >= 4 is 22.7 Å². The molecule has 1 N–H and O–H groups in total. The van der Waals surface area contributed by atoms with Gasteiger partial charge in [0.05, 0.1) is 5.02 Å². The summed E-state index contributed by atoms with van der Waals surface area (Å²) in [5.74, 6) is 0.407. The zero-order valence-electron chi connectivity index (χ0n) is 16.7. The third kappa shape index (κ3) is 3.95. The number of rotatable bonds is 3. The third-order valence-electron chi connectivity index (χ3n) is 5.66. The molecule has 0 saturated heterocycles. The van der Waals surface area contributed by atoms with Gasteiger partial charge in [-0.15, -0.1) is 0 Å². The summed E-state index contributed by atoms with van der Waals surface area (Å²) >= 11 is 6.47. The highest BCUT2D eigenvalue weighted by Gasteiger charge is 2.22. The Labute approximate surface area is 176 Å². The van der Waals surface area contributed by atoms with Crippen molar-refractivity contribution in [2.75, 3.05) is 0 Å². The van der Waals surface area contributed by atoms with Crippen molar-refractivity contribution in [2.45, 2.75) is 39.0 Å². The molecule has 148 valence electrons. The van der Waals surface area contributed by atoms with Crippen LogP contribution in [-0.4, -0.2) is 5.11 Å². The Kier molecular flexibility index (Phi) is 5.47. The van der Waals surface area contributed by atoms with Gasteiger partial charge in [0.2, 0.25) is 0 Å². The summed E-state index contributed by atoms with van der Waals surface area (Å²) in [4.78, 5) is 0. The lowest BCUT2D eigenvalue weighted by Crippen LogP contribution is -1.97. The molecular weight excluding hydrogens is 383 g/mol. The number of halogens is 2. The van der Waals surface area contributed by atoms with E-state index in [4.69, 9.17) is 11.6 Å². The first-order valence-electron chi connectivity index (χ1n) is 10.0. The maximum absolute atomic E-state index is 13.7. The monoisotopic (exact) mass is 406 g/mol. The molecular formula is C26H24ClFO. The topological polar surface area (TPSA) is 20.2 Å². The van der Waals surface area contributed by atoms with Crippen LogP contribution in [-0.2, 0) is 6.42 Å². The largest absolute Gasteiger partial charge is 0.508 e. The number of aryl methyl sites for hydroxylation is 1. The normalized spacial score (nSPS) is 14.1. The Bertz CT molecular complexity index is 1080. The van der Waals surface area contributed by atoms with Gasteiger partial charge < -0.3 is 5.11 Å². The molecule has 3 aromatic carbocycles. The highest BCUT2D eigenvalue weighted by atomic mass is 35.5. The Hall–Kier alpha value is -2.58. The van der Waals surface area contributed by atoms with Gasteiger partial charge in [0.15, 0.2) is 0 Å². The summed E-state index contributed by atoms with van der Waals surface area (Å²) in [5, 5.41) is 10.4. The number of fused-ring (bicyclic) bond motifs is 1. The molecule has 1 nitrogen and oxygen atoms in total. The molecule has 3 heteroatoms. The van der Waals surface area contributed by atoms with Crippen molar-refractivity contribution < 1.29 is 9.50 Å². The smallest absolute Gasteiger partial charge is 0.124 e. The van der Waals surface area contributed by atoms with E-state index in [1.165, 1.54) is 17.7 Å². The molecule has 3 aromatic rings. The van der Waals surface area contributed by atoms with Crippen LogP contribution in [0.15, 0.2) is 60.7 Å². The maximum Gasteiger partial charge on any atom is 0.124 e. The van der Waals surface area contributed by atoms with Crippen LogP contribution < -0.4 is 0 Å². The zero-order valence-corrected chi connectivity index (χ0v) is 17.4. The predicted molar refractivity (Wildman–Crippen MR) is 119 cm³/mol. The van der Waals surface area contributed by atoms with Crippen molar-refractivity contribution in [1.29, 1.82) is 0 Å². The number of benzene rings is 3. The summed E-state index contributed by atoms with van der Waals surface area (Å²) < 4.78 is 13.7. The van der Waals surface area contributed by atoms with E-state index in [1.807, 2.05) is 12.1 Å². The van der Waals surface area contributed by atoms with Crippen molar-refractivity contribution in [2.24, 2.45) is 0 Å². The second kappa shape index (κ2) is 8.04. The quantitative estimate of drug-likeness (QED) is 0.474. The average Bonchev–Trinajstić information content (AvgIpc) is 2.87. The minimum Gasteiger partial charge on any atom is -0.508 e. The van der Waals surface area contributed by atoms with E-state index in [2.05, 4.69) is 38.1 Å². The molecule has 0 saturated carbocycles. The number of aromatic hydroxyl groups is 1. The Morgan fingerprint density at radius 1 is 0.897 bits per heavy atom. The fourth-order valence-electron chi connectivity index (χ4n) is 4.14. The standard InChI is InChI=1S/C26H24ClFO/c1-16(2)17-6-8-18(9-7-17)26-22-13-11-21(29)14-19(22)4-3-5-24(26)23-12-10-20(28)15-25(23)27/h6-16,29H,3-5H2,1-2H3. The van der Waals surface area contributed by atoms with Crippen molar-refractivity contribution in [3.63, 3.8) is 0 Å². The number of hydrogen-bond donors (Lipinski definition) is 1. The Morgan fingerprint density at radius 3 is 2.31 bits per heavy atom. The third-order valence-corrected chi connectivity index (χ3v) is 5.97. The van der Waals surface area contributed by atoms with E-state index in [-0.39, 0.29) is 11.6 Å². The summed E-state index contributed by atoms with van der Waals surface area (Å²) in [7, 11) is 0. The molecule has 0 aliphatic heterocycles. The van der Waals surface area contributed by atoms with Gasteiger partial charge in [-0.1, -0.05) is 61.8 Å². The van der Waals surface area contributed by atoms with Crippen LogP contribution in [0, 0.1) is 5.82 Å². The summed E-state index contributed by atoms with van der Waals surface area (Å²) in [6.07, 6.45) is 2.65. The number of hydrogen-bond acceptors (Lipinski definition) is 1. The number of allylic oxidation sites excluding steroid dienone is 1. The van der Waals surface area contributed by atoms with Gasteiger partial charge in [0.25, 0.3) is 0 Å². The fraction of sp³-hybridized carbons (Fsp3) is 0.231. The second-order valence-corrected chi connectivity index (χ2v) is 8.36. The molecule has 4 rings (SSSR count). The van der Waals surface area contributed by atoms with E-state index < -0.39 is 0 Å². The minimum atomic E-state index is -0.332. The molecule has 0 unspecified atom stereocenters. The highest BCUT2D eigenvalue weighted by Crippen LogP contribution is 2.42. The number of phenolic OH excluding ortho intramolecular Hbond substituents is 1. The predicted octanol–water partition coefficient (Wildman–Crippen LogP) is 7.60. The number of phenols is 1. The Morgan fingerprint density at radius 2 is 1.62 bits per heavy atom. The van der Waals surface area contributed by atoms with Crippen LogP contribution in [0.2, 0.25) is 5.02 Å². The lowest BCUT2D eigenvalue weighted by atomic mass is 9.87. The van der Waals surface area contributed by atoms with Crippen LogP contribution in [0.3, 0.4) is 0 Å². The first-order valence-corrected chi connectivity index (χ1v) is 10.4. The maximum atomic E-state index is 13.7. The first-order chi connectivity index (χ1) is 13.9. The molecule has 0 spiro atoms. The van der Waals surface area contributed by atoms with Gasteiger partial charge in [-0.25, -0.2) is 4.39 Å². The van der Waals surface area contributed by atoms with Gasteiger partial charge in [0.1, 0.15) is 11.6 Å². The molecule has 0 fully saturated rings. The van der Waals surface area contributed by atoms with Crippen molar-refractivity contribution in [3.05, 3.63) is 99.3 Å². The van der Waals surface area contributed by atoms with E-state index in [9.17, 15) is 9.50 Å². The van der Waals surface area contributed by atoms with Crippen LogP contribution >= 0.6 is 11.6 Å². The lowest BCUT2D eigenvalue weighted by Gasteiger charge is -2.18. The van der Waals surface area contributed by atoms with Crippen LogP contribution in [0.5, 0.6) is 5.75 Å². The van der Waals surface area contributed by atoms with Crippen LogP contribution in [0.4, 0.5) is 4.39 Å². The van der Waals surface area contributed by atoms with Crippen molar-refractivity contribution in [1.82, 2.24) is 0 Å².